The Morgan fingerprint density at radius 3 is 3.00 bits per heavy atom. The number of hydrogen-bond donors (Lipinski definition) is 1. The third-order valence-corrected chi connectivity index (χ3v) is 3.65. The first kappa shape index (κ1) is 13.6. The molecule has 0 spiro atoms. The van der Waals surface area contributed by atoms with Crippen LogP contribution < -0.4 is 5.73 Å². The monoisotopic (exact) mass is 250 g/mol. The Bertz CT molecular complexity index is 358. The Labute approximate surface area is 110 Å². The van der Waals surface area contributed by atoms with Crippen LogP contribution >= 0.6 is 0 Å². The molecule has 18 heavy (non-hydrogen) atoms. The third kappa shape index (κ3) is 3.56. The Morgan fingerprint density at radius 2 is 2.28 bits per heavy atom. The van der Waals surface area contributed by atoms with Gasteiger partial charge in [0, 0.05) is 37.4 Å². The third-order valence-electron chi connectivity index (χ3n) is 3.65. The normalized spacial score (nSPS) is 21.7. The van der Waals surface area contributed by atoms with E-state index in [0.29, 0.717) is 12.0 Å². The van der Waals surface area contributed by atoms with Crippen molar-refractivity contribution in [2.45, 2.75) is 52.2 Å². The molecular weight excluding hydrogens is 224 g/mol. The van der Waals surface area contributed by atoms with Crippen molar-refractivity contribution in [1.29, 1.82) is 0 Å². The second kappa shape index (κ2) is 6.34. The predicted octanol–water partition coefficient (Wildman–Crippen LogP) is 1.85. The number of aromatic nitrogens is 2. The SMILES string of the molecule is CC(C)Cn1cc(CN2CCCC[C@@H]2CN)cn1. The van der Waals surface area contributed by atoms with E-state index in [4.69, 9.17) is 5.73 Å². The highest BCUT2D eigenvalue weighted by molar-refractivity contribution is 5.04. The fourth-order valence-corrected chi connectivity index (χ4v) is 2.73. The molecule has 1 aliphatic heterocycles. The summed E-state index contributed by atoms with van der Waals surface area (Å²) in [4.78, 5) is 2.51. The van der Waals surface area contributed by atoms with Gasteiger partial charge in [-0.15, -0.1) is 0 Å². The molecule has 2 heterocycles. The fraction of sp³-hybridized carbons (Fsp3) is 0.786. The van der Waals surface area contributed by atoms with Gasteiger partial charge in [0.2, 0.25) is 0 Å². The van der Waals surface area contributed by atoms with Crippen molar-refractivity contribution in [1.82, 2.24) is 14.7 Å². The number of hydrogen-bond acceptors (Lipinski definition) is 3. The van der Waals surface area contributed by atoms with E-state index in [1.165, 1.54) is 31.4 Å². The topological polar surface area (TPSA) is 47.1 Å². The molecule has 1 atom stereocenters. The quantitative estimate of drug-likeness (QED) is 0.867. The second-order valence-electron chi connectivity index (χ2n) is 5.82. The van der Waals surface area contributed by atoms with E-state index in [1.807, 2.05) is 6.20 Å². The van der Waals surface area contributed by atoms with Crippen LogP contribution in [0.1, 0.15) is 38.7 Å². The second-order valence-corrected chi connectivity index (χ2v) is 5.82. The van der Waals surface area contributed by atoms with Crippen LogP contribution in [0.15, 0.2) is 12.4 Å². The van der Waals surface area contributed by atoms with Crippen molar-refractivity contribution >= 4 is 0 Å². The van der Waals surface area contributed by atoms with Crippen molar-refractivity contribution in [2.75, 3.05) is 13.1 Å². The summed E-state index contributed by atoms with van der Waals surface area (Å²) < 4.78 is 2.06. The molecule has 0 amide bonds. The molecule has 2 N–H and O–H groups in total. The van der Waals surface area contributed by atoms with Crippen LogP contribution in [0.5, 0.6) is 0 Å². The Balaban J connectivity index is 1.93. The smallest absolute Gasteiger partial charge is 0.0534 e. The first-order valence-electron chi connectivity index (χ1n) is 7.14. The fourth-order valence-electron chi connectivity index (χ4n) is 2.73. The Kier molecular flexibility index (Phi) is 4.78. The zero-order valence-electron chi connectivity index (χ0n) is 11.7. The van der Waals surface area contributed by atoms with E-state index in [9.17, 15) is 0 Å². The van der Waals surface area contributed by atoms with E-state index < -0.39 is 0 Å². The van der Waals surface area contributed by atoms with Gasteiger partial charge in [-0.2, -0.15) is 5.10 Å². The van der Waals surface area contributed by atoms with Crippen LogP contribution in [-0.4, -0.2) is 33.8 Å². The Morgan fingerprint density at radius 1 is 1.44 bits per heavy atom. The Hall–Kier alpha value is -0.870. The molecule has 4 nitrogen and oxygen atoms in total. The highest BCUT2D eigenvalue weighted by Crippen LogP contribution is 2.18. The first-order chi connectivity index (χ1) is 8.69. The standard InChI is InChI=1S/C14H26N4/c1-12(2)9-18-11-13(8-16-18)10-17-6-4-3-5-14(17)7-15/h8,11-12,14H,3-7,9-10,15H2,1-2H3/t14-/m1/s1. The lowest BCUT2D eigenvalue weighted by atomic mass is 10.0. The van der Waals surface area contributed by atoms with Crippen molar-refractivity contribution < 1.29 is 0 Å². The molecule has 102 valence electrons. The molecule has 0 saturated carbocycles. The summed E-state index contributed by atoms with van der Waals surface area (Å²) in [5.41, 5.74) is 7.17. The maximum Gasteiger partial charge on any atom is 0.0534 e. The maximum atomic E-state index is 5.86. The van der Waals surface area contributed by atoms with E-state index in [2.05, 4.69) is 34.7 Å². The molecule has 1 saturated heterocycles. The van der Waals surface area contributed by atoms with Gasteiger partial charge in [0.1, 0.15) is 0 Å². The summed E-state index contributed by atoms with van der Waals surface area (Å²) >= 11 is 0. The molecule has 1 aliphatic rings. The van der Waals surface area contributed by atoms with Gasteiger partial charge >= 0.3 is 0 Å². The molecule has 1 aromatic rings. The lowest BCUT2D eigenvalue weighted by Gasteiger charge is -2.34. The molecular formula is C14H26N4. The minimum absolute atomic E-state index is 0.562. The number of likely N-dealkylation sites (tertiary alicyclic amines) is 1. The van der Waals surface area contributed by atoms with E-state index in [-0.39, 0.29) is 0 Å². The number of nitrogens with zero attached hydrogens (tertiary/aromatic N) is 3. The molecule has 0 radical (unpaired) electrons. The molecule has 1 fully saturated rings. The van der Waals surface area contributed by atoms with Crippen molar-refractivity contribution in [3.05, 3.63) is 18.0 Å². The van der Waals surface area contributed by atoms with Crippen LogP contribution in [0.2, 0.25) is 0 Å². The summed E-state index contributed by atoms with van der Waals surface area (Å²) in [6, 6.07) is 0.562. The lowest BCUT2D eigenvalue weighted by Crippen LogP contribution is -2.43. The van der Waals surface area contributed by atoms with Gasteiger partial charge in [-0.1, -0.05) is 20.3 Å². The lowest BCUT2D eigenvalue weighted by molar-refractivity contribution is 0.145. The zero-order chi connectivity index (χ0) is 13.0. The minimum Gasteiger partial charge on any atom is -0.329 e. The van der Waals surface area contributed by atoms with Crippen LogP contribution in [0.4, 0.5) is 0 Å². The van der Waals surface area contributed by atoms with Gasteiger partial charge in [-0.05, 0) is 25.3 Å². The maximum absolute atomic E-state index is 5.86. The highest BCUT2D eigenvalue weighted by Gasteiger charge is 2.21. The van der Waals surface area contributed by atoms with Gasteiger partial charge in [0.15, 0.2) is 0 Å². The average Bonchev–Trinajstić information content (AvgIpc) is 2.76. The van der Waals surface area contributed by atoms with Crippen LogP contribution in [-0.2, 0) is 13.1 Å². The van der Waals surface area contributed by atoms with E-state index in [0.717, 1.165) is 19.6 Å². The molecule has 0 bridgehead atoms. The average molecular weight is 250 g/mol. The van der Waals surface area contributed by atoms with Crippen molar-refractivity contribution in [2.24, 2.45) is 11.7 Å². The molecule has 1 aromatic heterocycles. The summed E-state index contributed by atoms with van der Waals surface area (Å²) in [5.74, 6) is 0.643. The molecule has 0 aromatic carbocycles. The van der Waals surface area contributed by atoms with Gasteiger partial charge < -0.3 is 5.73 Å². The van der Waals surface area contributed by atoms with Crippen LogP contribution in [0, 0.1) is 5.92 Å². The summed E-state index contributed by atoms with van der Waals surface area (Å²) in [6.45, 7) is 8.39. The molecule has 0 unspecified atom stereocenters. The van der Waals surface area contributed by atoms with E-state index >= 15 is 0 Å². The van der Waals surface area contributed by atoms with E-state index in [1.54, 1.807) is 0 Å². The molecule has 2 rings (SSSR count). The summed E-state index contributed by atoms with van der Waals surface area (Å²) in [7, 11) is 0. The molecule has 0 aliphatic carbocycles. The number of rotatable bonds is 5. The van der Waals surface area contributed by atoms with Crippen LogP contribution in [0.3, 0.4) is 0 Å². The summed E-state index contributed by atoms with van der Waals surface area (Å²) in [5, 5.41) is 4.43. The van der Waals surface area contributed by atoms with Gasteiger partial charge in [-0.3, -0.25) is 9.58 Å². The summed E-state index contributed by atoms with van der Waals surface area (Å²) in [6.07, 6.45) is 8.06. The predicted molar refractivity (Wildman–Crippen MR) is 74.2 cm³/mol. The van der Waals surface area contributed by atoms with Crippen molar-refractivity contribution in [3.8, 4) is 0 Å². The van der Waals surface area contributed by atoms with Crippen molar-refractivity contribution in [3.63, 3.8) is 0 Å². The minimum atomic E-state index is 0.562. The molecule has 4 heteroatoms. The van der Waals surface area contributed by atoms with Gasteiger partial charge in [-0.25, -0.2) is 0 Å². The van der Waals surface area contributed by atoms with Gasteiger partial charge in [0.25, 0.3) is 0 Å². The largest absolute Gasteiger partial charge is 0.329 e. The van der Waals surface area contributed by atoms with Gasteiger partial charge in [0.05, 0.1) is 6.20 Å². The highest BCUT2D eigenvalue weighted by atomic mass is 15.3. The number of piperidine rings is 1. The van der Waals surface area contributed by atoms with Crippen LogP contribution in [0.25, 0.3) is 0 Å². The number of nitrogens with two attached hydrogens (primary N) is 1. The zero-order valence-corrected chi connectivity index (χ0v) is 11.7. The first-order valence-corrected chi connectivity index (χ1v) is 7.14.